The van der Waals surface area contributed by atoms with Gasteiger partial charge in [0.1, 0.15) is 0 Å². The zero-order valence-corrected chi connectivity index (χ0v) is 18.6. The highest BCUT2D eigenvalue weighted by atomic mass is 32.1. The quantitative estimate of drug-likeness (QED) is 0.727. The van der Waals surface area contributed by atoms with E-state index < -0.39 is 0 Å². The van der Waals surface area contributed by atoms with E-state index in [4.69, 9.17) is 0 Å². The molecule has 3 fully saturated rings. The molecule has 1 saturated carbocycles. The number of amides is 3. The summed E-state index contributed by atoms with van der Waals surface area (Å²) >= 11 is 1.48. The molecule has 30 heavy (non-hydrogen) atoms. The molecular weight excluding hydrogens is 400 g/mol. The zero-order chi connectivity index (χ0) is 21.1. The van der Waals surface area contributed by atoms with Crippen molar-refractivity contribution in [2.24, 2.45) is 5.92 Å². The van der Waals surface area contributed by atoms with Crippen molar-refractivity contribution in [2.75, 3.05) is 52.4 Å². The first kappa shape index (κ1) is 21.3. The fourth-order valence-electron chi connectivity index (χ4n) is 5.12. The normalized spacial score (nSPS) is 22.4. The molecule has 3 amide bonds. The van der Waals surface area contributed by atoms with Crippen molar-refractivity contribution < 1.29 is 14.4 Å². The van der Waals surface area contributed by atoms with Crippen molar-refractivity contribution in [2.45, 2.75) is 38.6 Å². The van der Waals surface area contributed by atoms with Gasteiger partial charge in [-0.1, -0.05) is 18.9 Å². The first-order valence-corrected chi connectivity index (χ1v) is 12.0. The summed E-state index contributed by atoms with van der Waals surface area (Å²) < 4.78 is 0. The number of carbonyl (C=O) groups excluding carboxylic acids is 3. The number of piperazine rings is 2. The monoisotopic (exact) mass is 432 g/mol. The van der Waals surface area contributed by atoms with Crippen molar-refractivity contribution in [1.29, 1.82) is 0 Å². The lowest BCUT2D eigenvalue weighted by molar-refractivity contribution is -0.144. The molecule has 0 aromatic carbocycles. The van der Waals surface area contributed by atoms with Crippen LogP contribution in [-0.4, -0.2) is 95.7 Å². The minimum atomic E-state index is -0.0876. The maximum absolute atomic E-state index is 13.6. The lowest BCUT2D eigenvalue weighted by Gasteiger charge is -2.43. The predicted octanol–water partition coefficient (Wildman–Crippen LogP) is 1.76. The Bertz CT molecular complexity index is 746. The van der Waals surface area contributed by atoms with Gasteiger partial charge in [0.15, 0.2) is 0 Å². The Labute approximate surface area is 182 Å². The summed E-state index contributed by atoms with van der Waals surface area (Å²) in [5.74, 6) is 0.820. The summed E-state index contributed by atoms with van der Waals surface area (Å²) in [6.45, 7) is 6.93. The third-order valence-corrected chi connectivity index (χ3v) is 7.72. The first-order valence-electron chi connectivity index (χ1n) is 11.2. The molecule has 7 nitrogen and oxygen atoms in total. The van der Waals surface area contributed by atoms with E-state index in [0.717, 1.165) is 30.8 Å². The zero-order valence-electron chi connectivity index (χ0n) is 17.8. The van der Waals surface area contributed by atoms with Crippen LogP contribution in [0.1, 0.15) is 42.3 Å². The summed E-state index contributed by atoms with van der Waals surface area (Å²) in [7, 11) is 0. The van der Waals surface area contributed by atoms with Gasteiger partial charge in [-0.15, -0.1) is 11.3 Å². The summed E-state index contributed by atoms with van der Waals surface area (Å²) in [6.07, 6.45) is 4.61. The van der Waals surface area contributed by atoms with Crippen molar-refractivity contribution in [3.05, 3.63) is 22.4 Å². The fourth-order valence-corrected chi connectivity index (χ4v) is 5.81. The lowest BCUT2D eigenvalue weighted by Crippen LogP contribution is -2.60. The van der Waals surface area contributed by atoms with E-state index in [2.05, 4.69) is 4.90 Å². The number of rotatable bonds is 4. The molecule has 0 unspecified atom stereocenters. The van der Waals surface area contributed by atoms with Gasteiger partial charge < -0.3 is 14.7 Å². The molecule has 1 aliphatic carbocycles. The van der Waals surface area contributed by atoms with Gasteiger partial charge in [-0.05, 0) is 30.2 Å². The minimum absolute atomic E-state index is 0.0842. The third kappa shape index (κ3) is 4.54. The van der Waals surface area contributed by atoms with Crippen LogP contribution in [-0.2, 0) is 9.59 Å². The van der Waals surface area contributed by atoms with Gasteiger partial charge in [0.2, 0.25) is 11.8 Å². The minimum Gasteiger partial charge on any atom is -0.339 e. The molecule has 3 aliphatic rings. The van der Waals surface area contributed by atoms with Crippen molar-refractivity contribution >= 4 is 29.1 Å². The molecule has 2 aliphatic heterocycles. The SMILES string of the molecule is CC(=O)N1CCN(C(=O)[C@@H](C2CCCC2)N2CCN(C(=O)c3cccs3)CC2)CC1. The van der Waals surface area contributed by atoms with E-state index >= 15 is 0 Å². The van der Waals surface area contributed by atoms with E-state index in [9.17, 15) is 14.4 Å². The first-order chi connectivity index (χ1) is 14.5. The van der Waals surface area contributed by atoms with Crippen LogP contribution < -0.4 is 0 Å². The average molecular weight is 433 g/mol. The smallest absolute Gasteiger partial charge is 0.264 e. The molecular formula is C22H32N4O3S. The van der Waals surface area contributed by atoms with Crippen LogP contribution >= 0.6 is 11.3 Å². The predicted molar refractivity (Wildman–Crippen MR) is 116 cm³/mol. The van der Waals surface area contributed by atoms with Crippen molar-refractivity contribution in [3.8, 4) is 0 Å². The summed E-state index contributed by atoms with van der Waals surface area (Å²) in [6, 6.07) is 3.70. The van der Waals surface area contributed by atoms with Gasteiger partial charge >= 0.3 is 0 Å². The van der Waals surface area contributed by atoms with Gasteiger partial charge in [-0.25, -0.2) is 0 Å². The van der Waals surface area contributed by atoms with E-state index in [0.29, 0.717) is 45.2 Å². The Hall–Kier alpha value is -1.93. The van der Waals surface area contributed by atoms with E-state index in [1.54, 1.807) is 6.92 Å². The molecule has 164 valence electrons. The van der Waals surface area contributed by atoms with Crippen molar-refractivity contribution in [1.82, 2.24) is 19.6 Å². The van der Waals surface area contributed by atoms with Crippen LogP contribution in [0.4, 0.5) is 0 Å². The fraction of sp³-hybridized carbons (Fsp3) is 0.682. The third-order valence-electron chi connectivity index (χ3n) is 6.86. The van der Waals surface area contributed by atoms with E-state index in [1.807, 2.05) is 32.2 Å². The van der Waals surface area contributed by atoms with Gasteiger partial charge in [-0.2, -0.15) is 0 Å². The van der Waals surface area contributed by atoms with Gasteiger partial charge in [0.25, 0.3) is 5.91 Å². The van der Waals surface area contributed by atoms with Crippen LogP contribution in [0.3, 0.4) is 0 Å². The molecule has 0 N–H and O–H groups in total. The standard InChI is InChI=1S/C22H32N4O3S/c1-17(27)23-8-12-26(13-9-23)22(29)20(18-5-2-3-6-18)24-10-14-25(15-11-24)21(28)19-7-4-16-30-19/h4,7,16,18,20H,2-3,5-6,8-15H2,1H3/t20-/m1/s1. The highest BCUT2D eigenvalue weighted by molar-refractivity contribution is 7.12. The highest BCUT2D eigenvalue weighted by Crippen LogP contribution is 2.32. The van der Waals surface area contributed by atoms with Crippen LogP contribution in [0.15, 0.2) is 17.5 Å². The average Bonchev–Trinajstić information content (AvgIpc) is 3.48. The maximum atomic E-state index is 13.6. The van der Waals surface area contributed by atoms with E-state index in [1.165, 1.54) is 24.2 Å². The van der Waals surface area contributed by atoms with Crippen LogP contribution in [0.5, 0.6) is 0 Å². The number of nitrogens with zero attached hydrogens (tertiary/aromatic N) is 4. The van der Waals surface area contributed by atoms with Crippen LogP contribution in [0, 0.1) is 5.92 Å². The van der Waals surface area contributed by atoms with E-state index in [-0.39, 0.29) is 23.8 Å². The Morgan fingerprint density at radius 1 is 0.900 bits per heavy atom. The largest absolute Gasteiger partial charge is 0.339 e. The van der Waals surface area contributed by atoms with Crippen molar-refractivity contribution in [3.63, 3.8) is 0 Å². The maximum Gasteiger partial charge on any atom is 0.264 e. The second-order valence-corrected chi connectivity index (χ2v) is 9.57. The van der Waals surface area contributed by atoms with Gasteiger partial charge in [0, 0.05) is 59.3 Å². The second kappa shape index (κ2) is 9.47. The molecule has 0 spiro atoms. The Kier molecular flexibility index (Phi) is 6.73. The molecule has 0 radical (unpaired) electrons. The molecule has 0 bridgehead atoms. The highest BCUT2D eigenvalue weighted by Gasteiger charge is 2.40. The topological polar surface area (TPSA) is 64.2 Å². The molecule has 1 aromatic rings. The number of thiophene rings is 1. The molecule has 4 rings (SSSR count). The Balaban J connectivity index is 1.40. The second-order valence-electron chi connectivity index (χ2n) is 8.63. The summed E-state index contributed by atoms with van der Waals surface area (Å²) in [4.78, 5) is 46.7. The summed E-state index contributed by atoms with van der Waals surface area (Å²) in [5, 5.41) is 1.93. The molecule has 1 aromatic heterocycles. The van der Waals surface area contributed by atoms with Gasteiger partial charge in [0.05, 0.1) is 10.9 Å². The summed E-state index contributed by atoms with van der Waals surface area (Å²) in [5.41, 5.74) is 0. The molecule has 2 saturated heterocycles. The Morgan fingerprint density at radius 3 is 2.07 bits per heavy atom. The Morgan fingerprint density at radius 2 is 1.50 bits per heavy atom. The number of carbonyl (C=O) groups is 3. The van der Waals surface area contributed by atoms with Crippen LogP contribution in [0.2, 0.25) is 0 Å². The molecule has 8 heteroatoms. The number of hydrogen-bond acceptors (Lipinski definition) is 5. The molecule has 1 atom stereocenters. The van der Waals surface area contributed by atoms with Gasteiger partial charge in [-0.3, -0.25) is 19.3 Å². The molecule has 3 heterocycles. The lowest BCUT2D eigenvalue weighted by atomic mass is 9.94. The number of hydrogen-bond donors (Lipinski definition) is 0. The van der Waals surface area contributed by atoms with Crippen LogP contribution in [0.25, 0.3) is 0 Å².